The van der Waals surface area contributed by atoms with Gasteiger partial charge in [-0.05, 0) is 32.0 Å². The van der Waals surface area contributed by atoms with Crippen molar-refractivity contribution in [2.24, 2.45) is 0 Å². The minimum Gasteiger partial charge on any atom is -0.462 e. The van der Waals surface area contributed by atoms with Crippen LogP contribution in [0.2, 0.25) is 0 Å². The van der Waals surface area contributed by atoms with Crippen LogP contribution in [0.3, 0.4) is 0 Å². The molecule has 0 aliphatic rings. The van der Waals surface area contributed by atoms with Crippen LogP contribution in [0.5, 0.6) is 0 Å². The summed E-state index contributed by atoms with van der Waals surface area (Å²) in [6.45, 7) is 3.40. The summed E-state index contributed by atoms with van der Waals surface area (Å²) in [5, 5.41) is 2.97. The van der Waals surface area contributed by atoms with Crippen molar-refractivity contribution in [1.82, 2.24) is 4.98 Å². The van der Waals surface area contributed by atoms with Crippen molar-refractivity contribution >= 4 is 44.3 Å². The molecular formula is C14H14N2O4S. The van der Waals surface area contributed by atoms with Crippen LogP contribution in [0.4, 0.5) is 5.13 Å². The Kier molecular flexibility index (Phi) is 4.64. The highest BCUT2D eigenvalue weighted by Crippen LogP contribution is 2.27. The first-order valence-corrected chi connectivity index (χ1v) is 7.18. The van der Waals surface area contributed by atoms with Gasteiger partial charge in [-0.15, -0.1) is 0 Å². The summed E-state index contributed by atoms with van der Waals surface area (Å²) in [7, 11) is 0. The zero-order valence-electron chi connectivity index (χ0n) is 11.6. The van der Waals surface area contributed by atoms with Gasteiger partial charge in [0.05, 0.1) is 28.8 Å². The van der Waals surface area contributed by atoms with Crippen molar-refractivity contribution < 1.29 is 19.1 Å². The number of rotatable bonds is 5. The predicted molar refractivity (Wildman–Crippen MR) is 79.5 cm³/mol. The van der Waals surface area contributed by atoms with Crippen molar-refractivity contribution in [3.05, 3.63) is 23.8 Å². The molecule has 0 aliphatic heterocycles. The van der Waals surface area contributed by atoms with Crippen molar-refractivity contribution in [3.63, 3.8) is 0 Å². The third kappa shape index (κ3) is 3.85. The Bertz CT molecular complexity index is 708. The highest BCUT2D eigenvalue weighted by atomic mass is 32.1. The van der Waals surface area contributed by atoms with Crippen LogP contribution in [0.15, 0.2) is 18.2 Å². The van der Waals surface area contributed by atoms with Crippen LogP contribution >= 0.6 is 11.3 Å². The lowest BCUT2D eigenvalue weighted by molar-refractivity contribution is -0.124. The zero-order chi connectivity index (χ0) is 15.4. The number of Topliss-reactive ketones (excluding diaryl/α,β-unsaturated/α-hetero) is 1. The SMILES string of the molecule is CCOC(=O)c1ccc2nc(NC(=O)CC(C)=O)sc2c1. The van der Waals surface area contributed by atoms with E-state index in [1.165, 1.54) is 18.3 Å². The number of fused-ring (bicyclic) bond motifs is 1. The lowest BCUT2D eigenvalue weighted by atomic mass is 10.2. The quantitative estimate of drug-likeness (QED) is 0.677. The van der Waals surface area contributed by atoms with E-state index in [2.05, 4.69) is 10.3 Å². The van der Waals surface area contributed by atoms with Gasteiger partial charge in [0.15, 0.2) is 5.13 Å². The fraction of sp³-hybridized carbons (Fsp3) is 0.286. The fourth-order valence-corrected chi connectivity index (χ4v) is 2.63. The Balaban J connectivity index is 2.19. The number of nitrogens with one attached hydrogen (secondary N) is 1. The molecular weight excluding hydrogens is 292 g/mol. The summed E-state index contributed by atoms with van der Waals surface area (Å²) in [4.78, 5) is 38.3. The van der Waals surface area contributed by atoms with E-state index in [0.717, 1.165) is 4.70 Å². The van der Waals surface area contributed by atoms with Crippen LogP contribution < -0.4 is 5.32 Å². The Morgan fingerprint density at radius 1 is 1.33 bits per heavy atom. The van der Waals surface area contributed by atoms with E-state index in [0.29, 0.717) is 22.8 Å². The number of anilines is 1. The molecule has 0 fully saturated rings. The second-order valence-corrected chi connectivity index (χ2v) is 5.38. The van der Waals surface area contributed by atoms with Gasteiger partial charge < -0.3 is 10.1 Å². The standard InChI is InChI=1S/C14H14N2O4S/c1-3-20-13(19)9-4-5-10-11(7-9)21-14(15-10)16-12(18)6-8(2)17/h4-5,7H,3,6H2,1-2H3,(H,15,16,18). The molecule has 21 heavy (non-hydrogen) atoms. The molecule has 0 bridgehead atoms. The number of hydrogen-bond donors (Lipinski definition) is 1. The summed E-state index contributed by atoms with van der Waals surface area (Å²) in [6.07, 6.45) is -0.177. The summed E-state index contributed by atoms with van der Waals surface area (Å²) in [5.74, 6) is -1.000. The second kappa shape index (κ2) is 6.45. The lowest BCUT2D eigenvalue weighted by Crippen LogP contribution is -2.14. The number of nitrogens with zero attached hydrogens (tertiary/aromatic N) is 1. The molecule has 0 aliphatic carbocycles. The topological polar surface area (TPSA) is 85.4 Å². The van der Waals surface area contributed by atoms with Crippen LogP contribution in [-0.4, -0.2) is 29.3 Å². The maximum Gasteiger partial charge on any atom is 0.338 e. The summed E-state index contributed by atoms with van der Waals surface area (Å²) in [6, 6.07) is 4.99. The molecule has 0 atom stereocenters. The van der Waals surface area contributed by atoms with Crippen LogP contribution in [0, 0.1) is 0 Å². The maximum atomic E-state index is 11.6. The van der Waals surface area contributed by atoms with Gasteiger partial charge in [-0.1, -0.05) is 11.3 Å². The van der Waals surface area contributed by atoms with E-state index >= 15 is 0 Å². The third-order valence-corrected chi connectivity index (χ3v) is 3.49. The monoisotopic (exact) mass is 306 g/mol. The second-order valence-electron chi connectivity index (χ2n) is 4.35. The molecule has 1 aromatic carbocycles. The lowest BCUT2D eigenvalue weighted by Gasteiger charge is -2.00. The van der Waals surface area contributed by atoms with E-state index < -0.39 is 11.9 Å². The van der Waals surface area contributed by atoms with Gasteiger partial charge in [0.25, 0.3) is 0 Å². The number of aromatic nitrogens is 1. The number of benzene rings is 1. The number of amides is 1. The molecule has 1 aromatic heterocycles. The number of hydrogen-bond acceptors (Lipinski definition) is 6. The molecule has 2 rings (SSSR count). The molecule has 1 heterocycles. The highest BCUT2D eigenvalue weighted by Gasteiger charge is 2.12. The van der Waals surface area contributed by atoms with E-state index in [1.54, 1.807) is 25.1 Å². The molecule has 0 saturated heterocycles. The third-order valence-electron chi connectivity index (χ3n) is 2.56. The Morgan fingerprint density at radius 3 is 2.76 bits per heavy atom. The van der Waals surface area contributed by atoms with E-state index in [1.807, 2.05) is 0 Å². The van der Waals surface area contributed by atoms with Crippen molar-refractivity contribution in [3.8, 4) is 0 Å². The van der Waals surface area contributed by atoms with Crippen molar-refractivity contribution in [2.45, 2.75) is 20.3 Å². The minimum atomic E-state index is -0.396. The van der Waals surface area contributed by atoms with Gasteiger partial charge >= 0.3 is 5.97 Å². The van der Waals surface area contributed by atoms with Crippen LogP contribution in [-0.2, 0) is 14.3 Å². The van der Waals surface area contributed by atoms with E-state index in [9.17, 15) is 14.4 Å². The average molecular weight is 306 g/mol. The first kappa shape index (κ1) is 15.1. The molecule has 1 N–H and O–H groups in total. The van der Waals surface area contributed by atoms with Gasteiger partial charge in [0.1, 0.15) is 5.78 Å². The molecule has 0 spiro atoms. The number of carbonyl (C=O) groups excluding carboxylic acids is 3. The molecule has 6 nitrogen and oxygen atoms in total. The van der Waals surface area contributed by atoms with Gasteiger partial charge in [0, 0.05) is 0 Å². The largest absolute Gasteiger partial charge is 0.462 e. The number of thiazole rings is 1. The zero-order valence-corrected chi connectivity index (χ0v) is 12.5. The molecule has 0 saturated carbocycles. The molecule has 2 aromatic rings. The van der Waals surface area contributed by atoms with Gasteiger partial charge in [-0.3, -0.25) is 9.59 Å². The van der Waals surface area contributed by atoms with E-state index in [-0.39, 0.29) is 12.2 Å². The summed E-state index contributed by atoms with van der Waals surface area (Å²) in [5.41, 5.74) is 1.11. The normalized spacial score (nSPS) is 10.4. The summed E-state index contributed by atoms with van der Waals surface area (Å²) >= 11 is 1.24. The van der Waals surface area contributed by atoms with Gasteiger partial charge in [0.2, 0.25) is 5.91 Å². The Labute approximate surface area is 125 Å². The Hall–Kier alpha value is -2.28. The predicted octanol–water partition coefficient (Wildman–Crippen LogP) is 2.39. The molecule has 0 unspecified atom stereocenters. The Morgan fingerprint density at radius 2 is 2.10 bits per heavy atom. The molecule has 0 radical (unpaired) electrons. The molecule has 7 heteroatoms. The highest BCUT2D eigenvalue weighted by molar-refractivity contribution is 7.22. The molecule has 110 valence electrons. The maximum absolute atomic E-state index is 11.6. The van der Waals surface area contributed by atoms with Gasteiger partial charge in [-0.25, -0.2) is 9.78 Å². The smallest absolute Gasteiger partial charge is 0.338 e. The number of carbonyl (C=O) groups is 3. The van der Waals surface area contributed by atoms with E-state index in [4.69, 9.17) is 4.74 Å². The fourth-order valence-electron chi connectivity index (χ4n) is 1.71. The minimum absolute atomic E-state index is 0.177. The summed E-state index contributed by atoms with van der Waals surface area (Å²) < 4.78 is 5.69. The number of ketones is 1. The average Bonchev–Trinajstić information content (AvgIpc) is 2.78. The van der Waals surface area contributed by atoms with Crippen LogP contribution in [0.25, 0.3) is 10.2 Å². The number of ether oxygens (including phenoxy) is 1. The van der Waals surface area contributed by atoms with Crippen LogP contribution in [0.1, 0.15) is 30.6 Å². The first-order chi connectivity index (χ1) is 9.99. The van der Waals surface area contributed by atoms with Gasteiger partial charge in [-0.2, -0.15) is 0 Å². The molecule has 1 amide bonds. The number of esters is 1. The first-order valence-electron chi connectivity index (χ1n) is 6.36. The van der Waals surface area contributed by atoms with Crippen molar-refractivity contribution in [2.75, 3.05) is 11.9 Å². The van der Waals surface area contributed by atoms with Crippen molar-refractivity contribution in [1.29, 1.82) is 0 Å².